The van der Waals surface area contributed by atoms with Crippen LogP contribution in [0.1, 0.15) is 17.3 Å². The Balaban J connectivity index is 1.68. The molecule has 0 fully saturated rings. The second kappa shape index (κ2) is 8.19. The van der Waals surface area contributed by atoms with E-state index in [4.69, 9.17) is 16.3 Å². The molecule has 0 atom stereocenters. The number of nitrogens with one attached hydrogen (secondary N) is 1. The van der Waals surface area contributed by atoms with Crippen molar-refractivity contribution < 1.29 is 14.3 Å². The summed E-state index contributed by atoms with van der Waals surface area (Å²) >= 11 is 7.74. The highest BCUT2D eigenvalue weighted by Crippen LogP contribution is 2.48. The normalized spacial score (nSPS) is 12.0. The lowest BCUT2D eigenvalue weighted by Gasteiger charge is -2.31. The number of urea groups is 1. The molecule has 146 valence electrons. The lowest BCUT2D eigenvalue weighted by atomic mass is 10.2. The van der Waals surface area contributed by atoms with E-state index in [1.54, 1.807) is 35.7 Å². The van der Waals surface area contributed by atoms with Crippen LogP contribution in [0.15, 0.2) is 76.5 Å². The third-order valence-electron chi connectivity index (χ3n) is 4.35. The summed E-state index contributed by atoms with van der Waals surface area (Å²) < 4.78 is 5.03. The number of esters is 1. The number of rotatable bonds is 3. The van der Waals surface area contributed by atoms with Gasteiger partial charge in [0.15, 0.2) is 0 Å². The molecule has 1 aliphatic rings. The summed E-state index contributed by atoms with van der Waals surface area (Å²) in [6, 6.07) is 19.9. The smallest absolute Gasteiger partial charge is 0.339 e. The van der Waals surface area contributed by atoms with Gasteiger partial charge >= 0.3 is 12.0 Å². The van der Waals surface area contributed by atoms with Crippen LogP contribution in [0.25, 0.3) is 0 Å². The van der Waals surface area contributed by atoms with Gasteiger partial charge in [-0.15, -0.1) is 0 Å². The number of nitrogens with zero attached hydrogens (tertiary/aromatic N) is 1. The zero-order valence-electron chi connectivity index (χ0n) is 15.5. The Morgan fingerprint density at radius 1 is 1.00 bits per heavy atom. The predicted molar refractivity (Wildman–Crippen MR) is 116 cm³/mol. The molecule has 5 nitrogen and oxygen atoms in total. The molecule has 1 aliphatic heterocycles. The number of carbonyl (C=O) groups is 2. The Hall–Kier alpha value is -2.96. The predicted octanol–water partition coefficient (Wildman–Crippen LogP) is 6.35. The average molecular weight is 425 g/mol. The highest BCUT2D eigenvalue weighted by molar-refractivity contribution is 7.99. The summed E-state index contributed by atoms with van der Waals surface area (Å²) in [7, 11) is 0. The monoisotopic (exact) mass is 424 g/mol. The summed E-state index contributed by atoms with van der Waals surface area (Å²) in [4.78, 5) is 29.0. The zero-order valence-corrected chi connectivity index (χ0v) is 17.1. The molecule has 0 unspecified atom stereocenters. The van der Waals surface area contributed by atoms with E-state index >= 15 is 0 Å². The molecule has 0 aromatic heterocycles. The van der Waals surface area contributed by atoms with E-state index in [0.29, 0.717) is 5.69 Å². The molecule has 0 spiro atoms. The van der Waals surface area contributed by atoms with Crippen LogP contribution < -0.4 is 10.2 Å². The molecule has 0 radical (unpaired) electrons. The SMILES string of the molecule is CCOC(=O)c1cc(NC(=O)N2c3ccccc3Sc3ccccc32)ccc1Cl. The minimum Gasteiger partial charge on any atom is -0.462 e. The lowest BCUT2D eigenvalue weighted by molar-refractivity contribution is 0.0526. The molecule has 0 saturated carbocycles. The highest BCUT2D eigenvalue weighted by atomic mass is 35.5. The Morgan fingerprint density at radius 2 is 1.62 bits per heavy atom. The summed E-state index contributed by atoms with van der Waals surface area (Å²) in [5, 5.41) is 3.14. The van der Waals surface area contributed by atoms with Gasteiger partial charge in [-0.1, -0.05) is 47.6 Å². The third kappa shape index (κ3) is 3.81. The first-order chi connectivity index (χ1) is 14.1. The fourth-order valence-electron chi connectivity index (χ4n) is 3.07. The largest absolute Gasteiger partial charge is 0.462 e. The van der Waals surface area contributed by atoms with E-state index in [9.17, 15) is 9.59 Å². The Bertz CT molecular complexity index is 1060. The molecule has 29 heavy (non-hydrogen) atoms. The van der Waals surface area contributed by atoms with Gasteiger partial charge in [-0.05, 0) is 49.4 Å². The highest BCUT2D eigenvalue weighted by Gasteiger charge is 2.28. The van der Waals surface area contributed by atoms with E-state index in [1.165, 1.54) is 6.07 Å². The van der Waals surface area contributed by atoms with Crippen molar-refractivity contribution in [1.29, 1.82) is 0 Å². The van der Waals surface area contributed by atoms with Crippen molar-refractivity contribution in [1.82, 2.24) is 0 Å². The average Bonchev–Trinajstić information content (AvgIpc) is 2.73. The molecule has 1 heterocycles. The van der Waals surface area contributed by atoms with E-state index < -0.39 is 5.97 Å². The van der Waals surface area contributed by atoms with Crippen molar-refractivity contribution in [3.63, 3.8) is 0 Å². The van der Waals surface area contributed by atoms with Crippen molar-refractivity contribution in [2.75, 3.05) is 16.8 Å². The van der Waals surface area contributed by atoms with Crippen LogP contribution >= 0.6 is 23.4 Å². The minimum atomic E-state index is -0.529. The fraction of sp³-hybridized carbons (Fsp3) is 0.0909. The van der Waals surface area contributed by atoms with Gasteiger partial charge in [0.1, 0.15) is 0 Å². The van der Waals surface area contributed by atoms with Gasteiger partial charge in [-0.2, -0.15) is 0 Å². The number of hydrogen-bond acceptors (Lipinski definition) is 4. The summed E-state index contributed by atoms with van der Waals surface area (Å²) in [6.07, 6.45) is 0. The van der Waals surface area contributed by atoms with Crippen molar-refractivity contribution >= 4 is 52.4 Å². The minimum absolute atomic E-state index is 0.210. The van der Waals surface area contributed by atoms with Gasteiger partial charge in [0.05, 0.1) is 28.6 Å². The Kier molecular flexibility index (Phi) is 5.47. The standard InChI is InChI=1S/C22H17ClN2O3S/c1-2-28-21(26)15-13-14(11-12-16(15)23)24-22(27)25-17-7-3-5-9-19(17)29-20-10-6-4-8-18(20)25/h3-13H,2H2,1H3,(H,24,27). The Morgan fingerprint density at radius 3 is 2.24 bits per heavy atom. The topological polar surface area (TPSA) is 58.6 Å². The first kappa shape index (κ1) is 19.4. The second-order valence-electron chi connectivity index (χ2n) is 6.22. The Labute approximate surface area is 177 Å². The van der Waals surface area contributed by atoms with Crippen molar-refractivity contribution in [3.8, 4) is 0 Å². The number of anilines is 3. The van der Waals surface area contributed by atoms with Crippen LogP contribution in [0.5, 0.6) is 0 Å². The number of ether oxygens (including phenoxy) is 1. The van der Waals surface area contributed by atoms with Crippen LogP contribution in [0.4, 0.5) is 21.9 Å². The van der Waals surface area contributed by atoms with Gasteiger partial charge in [-0.3, -0.25) is 4.90 Å². The van der Waals surface area contributed by atoms with E-state index in [0.717, 1.165) is 21.2 Å². The molecule has 1 N–H and O–H groups in total. The molecule has 4 rings (SSSR count). The van der Waals surface area contributed by atoms with Crippen LogP contribution in [0.2, 0.25) is 5.02 Å². The quantitative estimate of drug-likeness (QED) is 0.497. The third-order valence-corrected chi connectivity index (χ3v) is 5.81. The molecular formula is C22H17ClN2O3S. The molecule has 0 saturated heterocycles. The molecule has 2 amide bonds. The van der Waals surface area contributed by atoms with Crippen LogP contribution in [-0.4, -0.2) is 18.6 Å². The summed E-state index contributed by atoms with van der Waals surface area (Å²) in [5.41, 5.74) is 2.26. The second-order valence-corrected chi connectivity index (χ2v) is 7.71. The molecule has 3 aromatic carbocycles. The number of para-hydroxylation sites is 2. The van der Waals surface area contributed by atoms with Crippen molar-refractivity contribution in [3.05, 3.63) is 77.3 Å². The molecule has 3 aromatic rings. The van der Waals surface area contributed by atoms with Gasteiger partial charge in [0.25, 0.3) is 0 Å². The number of hydrogen-bond donors (Lipinski definition) is 1. The number of halogens is 1. The van der Waals surface area contributed by atoms with Crippen molar-refractivity contribution in [2.45, 2.75) is 16.7 Å². The van der Waals surface area contributed by atoms with Crippen molar-refractivity contribution in [2.24, 2.45) is 0 Å². The summed E-state index contributed by atoms with van der Waals surface area (Å²) in [5.74, 6) is -0.529. The molecular weight excluding hydrogens is 408 g/mol. The van der Waals surface area contributed by atoms with E-state index in [-0.39, 0.29) is 23.2 Å². The van der Waals surface area contributed by atoms with Crippen LogP contribution in [0, 0.1) is 0 Å². The van der Waals surface area contributed by atoms with Crippen LogP contribution in [0.3, 0.4) is 0 Å². The fourth-order valence-corrected chi connectivity index (χ4v) is 4.32. The lowest BCUT2D eigenvalue weighted by Crippen LogP contribution is -2.32. The summed E-state index contributed by atoms with van der Waals surface area (Å²) in [6.45, 7) is 1.96. The first-order valence-corrected chi connectivity index (χ1v) is 10.2. The van der Waals surface area contributed by atoms with Gasteiger partial charge in [-0.25, -0.2) is 9.59 Å². The van der Waals surface area contributed by atoms with E-state index in [1.807, 2.05) is 48.5 Å². The van der Waals surface area contributed by atoms with Gasteiger partial charge in [0, 0.05) is 15.5 Å². The number of fused-ring (bicyclic) bond motifs is 2. The number of carbonyl (C=O) groups excluding carboxylic acids is 2. The maximum atomic E-state index is 13.2. The maximum Gasteiger partial charge on any atom is 0.339 e. The van der Waals surface area contributed by atoms with Gasteiger partial charge in [0.2, 0.25) is 0 Å². The number of amides is 2. The first-order valence-electron chi connectivity index (χ1n) is 9.02. The number of benzene rings is 3. The molecule has 0 aliphatic carbocycles. The van der Waals surface area contributed by atoms with Crippen LogP contribution in [-0.2, 0) is 4.74 Å². The zero-order chi connectivity index (χ0) is 20.4. The van der Waals surface area contributed by atoms with Gasteiger partial charge < -0.3 is 10.1 Å². The molecule has 0 bridgehead atoms. The molecule has 7 heteroatoms. The van der Waals surface area contributed by atoms with E-state index in [2.05, 4.69) is 5.32 Å². The maximum absolute atomic E-state index is 13.2.